The second-order valence-electron chi connectivity index (χ2n) is 3.89. The molecule has 0 aliphatic rings. The highest BCUT2D eigenvalue weighted by atomic mass is 16.4. The Bertz CT molecular complexity index is 401. The highest BCUT2D eigenvalue weighted by molar-refractivity contribution is 5.83. The van der Waals surface area contributed by atoms with Crippen LogP contribution in [0, 0.1) is 0 Å². The number of hydrogen-bond donors (Lipinski definition) is 3. The van der Waals surface area contributed by atoms with Gasteiger partial charge < -0.3 is 15.3 Å². The summed E-state index contributed by atoms with van der Waals surface area (Å²) in [4.78, 5) is 21.4. The van der Waals surface area contributed by atoms with Gasteiger partial charge in [-0.05, 0) is 18.4 Å². The average molecular weight is 238 g/mol. The van der Waals surface area contributed by atoms with E-state index in [0.717, 1.165) is 5.56 Å². The summed E-state index contributed by atoms with van der Waals surface area (Å²) in [7, 11) is 0. The Hall–Kier alpha value is -1.88. The van der Waals surface area contributed by atoms with E-state index in [1.54, 1.807) is 24.3 Å². The second kappa shape index (κ2) is 5.45. The number of benzene rings is 1. The molecule has 3 N–H and O–H groups in total. The maximum absolute atomic E-state index is 10.9. The smallest absolute Gasteiger partial charge is 0.336 e. The highest BCUT2D eigenvalue weighted by Gasteiger charge is 2.37. The van der Waals surface area contributed by atoms with Crippen molar-refractivity contribution in [2.45, 2.75) is 24.9 Å². The summed E-state index contributed by atoms with van der Waals surface area (Å²) in [6, 6.07) is 9.01. The predicted molar refractivity (Wildman–Crippen MR) is 59.6 cm³/mol. The Morgan fingerprint density at radius 2 is 1.71 bits per heavy atom. The summed E-state index contributed by atoms with van der Waals surface area (Å²) < 4.78 is 0. The van der Waals surface area contributed by atoms with Crippen LogP contribution in [0.3, 0.4) is 0 Å². The summed E-state index contributed by atoms with van der Waals surface area (Å²) in [5.41, 5.74) is -1.35. The van der Waals surface area contributed by atoms with E-state index in [1.165, 1.54) is 0 Å². The fourth-order valence-electron chi connectivity index (χ4n) is 1.52. The number of carboxylic acid groups (broad SMARTS) is 2. The minimum Gasteiger partial charge on any atom is -0.481 e. The van der Waals surface area contributed by atoms with Crippen LogP contribution >= 0.6 is 0 Å². The van der Waals surface area contributed by atoms with E-state index in [-0.39, 0.29) is 6.42 Å². The molecule has 1 aromatic carbocycles. The first-order valence-corrected chi connectivity index (χ1v) is 5.15. The zero-order chi connectivity index (χ0) is 12.9. The number of aliphatic hydroxyl groups is 1. The molecule has 5 nitrogen and oxygen atoms in total. The number of aryl methyl sites for hydroxylation is 1. The van der Waals surface area contributed by atoms with Crippen molar-refractivity contribution >= 4 is 11.9 Å². The zero-order valence-corrected chi connectivity index (χ0v) is 9.17. The molecule has 92 valence electrons. The van der Waals surface area contributed by atoms with Gasteiger partial charge in [0.1, 0.15) is 0 Å². The number of hydrogen-bond acceptors (Lipinski definition) is 3. The molecule has 0 aliphatic heterocycles. The number of carboxylic acids is 2. The molecule has 0 amide bonds. The molecule has 1 rings (SSSR count). The van der Waals surface area contributed by atoms with Crippen molar-refractivity contribution in [3.63, 3.8) is 0 Å². The first-order chi connectivity index (χ1) is 7.94. The third kappa shape index (κ3) is 3.88. The van der Waals surface area contributed by atoms with E-state index in [1.807, 2.05) is 6.07 Å². The van der Waals surface area contributed by atoms with E-state index in [2.05, 4.69) is 0 Å². The van der Waals surface area contributed by atoms with Crippen LogP contribution in [0.15, 0.2) is 30.3 Å². The summed E-state index contributed by atoms with van der Waals surface area (Å²) >= 11 is 0. The lowest BCUT2D eigenvalue weighted by atomic mass is 9.92. The predicted octanol–water partition coefficient (Wildman–Crippen LogP) is 0.910. The molecule has 0 spiro atoms. The molecular formula is C12H14O5. The molecule has 17 heavy (non-hydrogen) atoms. The average Bonchev–Trinajstić information content (AvgIpc) is 2.27. The molecule has 0 radical (unpaired) electrons. The van der Waals surface area contributed by atoms with E-state index >= 15 is 0 Å². The Kier molecular flexibility index (Phi) is 4.23. The van der Waals surface area contributed by atoms with Crippen LogP contribution in [-0.2, 0) is 16.0 Å². The van der Waals surface area contributed by atoms with Crippen molar-refractivity contribution in [1.82, 2.24) is 0 Å². The second-order valence-corrected chi connectivity index (χ2v) is 3.89. The third-order valence-electron chi connectivity index (χ3n) is 2.51. The number of carbonyl (C=O) groups is 2. The van der Waals surface area contributed by atoms with E-state index < -0.39 is 24.0 Å². The van der Waals surface area contributed by atoms with E-state index in [4.69, 9.17) is 10.2 Å². The lowest BCUT2D eigenvalue weighted by Gasteiger charge is -2.21. The van der Waals surface area contributed by atoms with Gasteiger partial charge in [0.2, 0.25) is 0 Å². The SMILES string of the molecule is O=C(O)CC(O)(CCc1ccccc1)C(=O)O. The molecule has 1 unspecified atom stereocenters. The third-order valence-corrected chi connectivity index (χ3v) is 2.51. The van der Waals surface area contributed by atoms with Crippen LogP contribution in [0.5, 0.6) is 0 Å². The van der Waals surface area contributed by atoms with Crippen molar-refractivity contribution in [2.24, 2.45) is 0 Å². The van der Waals surface area contributed by atoms with Crippen molar-refractivity contribution in [3.05, 3.63) is 35.9 Å². The van der Waals surface area contributed by atoms with Gasteiger partial charge in [0.15, 0.2) is 5.60 Å². The maximum Gasteiger partial charge on any atom is 0.336 e. The molecule has 1 atom stereocenters. The molecule has 1 aromatic rings. The van der Waals surface area contributed by atoms with Gasteiger partial charge in [-0.15, -0.1) is 0 Å². The molecule has 0 saturated carbocycles. The van der Waals surface area contributed by atoms with Gasteiger partial charge in [0.05, 0.1) is 6.42 Å². The van der Waals surface area contributed by atoms with Crippen molar-refractivity contribution < 1.29 is 24.9 Å². The van der Waals surface area contributed by atoms with Gasteiger partial charge in [-0.25, -0.2) is 4.79 Å². The van der Waals surface area contributed by atoms with Gasteiger partial charge >= 0.3 is 11.9 Å². The summed E-state index contributed by atoms with van der Waals surface area (Å²) in [6.45, 7) is 0. The molecule has 0 fully saturated rings. The van der Waals surface area contributed by atoms with Gasteiger partial charge in [0, 0.05) is 0 Å². The normalized spacial score (nSPS) is 13.9. The summed E-state index contributed by atoms with van der Waals surface area (Å²) in [5, 5.41) is 27.2. The van der Waals surface area contributed by atoms with Crippen molar-refractivity contribution in [1.29, 1.82) is 0 Å². The topological polar surface area (TPSA) is 94.8 Å². The molecule has 0 bridgehead atoms. The molecule has 0 heterocycles. The lowest BCUT2D eigenvalue weighted by molar-refractivity contribution is -0.166. The monoisotopic (exact) mass is 238 g/mol. The van der Waals surface area contributed by atoms with Gasteiger partial charge in [-0.2, -0.15) is 0 Å². The summed E-state index contributed by atoms with van der Waals surface area (Å²) in [5.74, 6) is -2.83. The molecular weight excluding hydrogens is 224 g/mol. The Morgan fingerprint density at radius 3 is 2.18 bits per heavy atom. The minimum absolute atomic E-state index is 0.126. The Morgan fingerprint density at radius 1 is 1.12 bits per heavy atom. The van der Waals surface area contributed by atoms with Crippen molar-refractivity contribution in [2.75, 3.05) is 0 Å². The standard InChI is InChI=1S/C12H14O5/c13-10(14)8-12(17,11(15)16)7-6-9-4-2-1-3-5-9/h1-5,17H,6-8H2,(H,13,14)(H,15,16). The van der Waals surface area contributed by atoms with Crippen molar-refractivity contribution in [3.8, 4) is 0 Å². The fraction of sp³-hybridized carbons (Fsp3) is 0.333. The largest absolute Gasteiger partial charge is 0.481 e. The molecule has 0 aliphatic carbocycles. The van der Waals surface area contributed by atoms with Crippen LogP contribution in [0.2, 0.25) is 0 Å². The van der Waals surface area contributed by atoms with Crippen LogP contribution in [-0.4, -0.2) is 32.9 Å². The fourth-order valence-corrected chi connectivity index (χ4v) is 1.52. The summed E-state index contributed by atoms with van der Waals surface area (Å²) in [6.07, 6.45) is -0.606. The molecule has 0 aromatic heterocycles. The molecule has 0 saturated heterocycles. The Labute approximate surface area is 98.3 Å². The first-order valence-electron chi connectivity index (χ1n) is 5.15. The maximum atomic E-state index is 10.9. The van der Waals surface area contributed by atoms with Crippen LogP contribution < -0.4 is 0 Å². The highest BCUT2D eigenvalue weighted by Crippen LogP contribution is 2.19. The van der Waals surface area contributed by atoms with Gasteiger partial charge in [-0.3, -0.25) is 4.79 Å². The van der Waals surface area contributed by atoms with Gasteiger partial charge in [0.25, 0.3) is 0 Å². The van der Waals surface area contributed by atoms with Crippen LogP contribution in [0.4, 0.5) is 0 Å². The quantitative estimate of drug-likeness (QED) is 0.684. The lowest BCUT2D eigenvalue weighted by Crippen LogP contribution is -2.41. The van der Waals surface area contributed by atoms with E-state index in [0.29, 0.717) is 6.42 Å². The van der Waals surface area contributed by atoms with Crippen LogP contribution in [0.25, 0.3) is 0 Å². The Balaban J connectivity index is 2.68. The first kappa shape index (κ1) is 13.2. The molecule has 5 heteroatoms. The minimum atomic E-state index is -2.21. The van der Waals surface area contributed by atoms with Crippen LogP contribution in [0.1, 0.15) is 18.4 Å². The zero-order valence-electron chi connectivity index (χ0n) is 9.17. The van der Waals surface area contributed by atoms with Gasteiger partial charge in [-0.1, -0.05) is 30.3 Å². The number of rotatable bonds is 6. The van der Waals surface area contributed by atoms with E-state index in [9.17, 15) is 14.7 Å². The number of aliphatic carboxylic acids is 2.